The summed E-state index contributed by atoms with van der Waals surface area (Å²) in [5.41, 5.74) is 3.94. The number of imide groups is 1. The summed E-state index contributed by atoms with van der Waals surface area (Å²) in [5, 5.41) is 12.3. The summed E-state index contributed by atoms with van der Waals surface area (Å²) in [6.45, 7) is 0.843. The van der Waals surface area contributed by atoms with Crippen LogP contribution in [-0.4, -0.2) is 54.3 Å². The molecule has 5 rings (SSSR count). The third-order valence-electron chi connectivity index (χ3n) is 5.41. The van der Waals surface area contributed by atoms with Crippen molar-refractivity contribution in [2.75, 3.05) is 20.6 Å². The molecule has 0 saturated heterocycles. The van der Waals surface area contributed by atoms with Gasteiger partial charge in [0.1, 0.15) is 17.2 Å². The van der Waals surface area contributed by atoms with Gasteiger partial charge in [0.2, 0.25) is 0 Å². The topological polar surface area (TPSA) is 91.2 Å². The smallest absolute Gasteiger partial charge is 0.259 e. The quantitative estimate of drug-likeness (QED) is 0.782. The van der Waals surface area contributed by atoms with Crippen molar-refractivity contribution in [2.24, 2.45) is 4.99 Å². The fourth-order valence-electron chi connectivity index (χ4n) is 4.04. The Labute approximate surface area is 167 Å². The van der Waals surface area contributed by atoms with Gasteiger partial charge in [0.05, 0.1) is 16.9 Å². The second-order valence-electron chi connectivity index (χ2n) is 7.62. The summed E-state index contributed by atoms with van der Waals surface area (Å²) in [4.78, 5) is 32.0. The van der Waals surface area contributed by atoms with Gasteiger partial charge in [0.25, 0.3) is 11.8 Å². The Morgan fingerprint density at radius 1 is 1.14 bits per heavy atom. The van der Waals surface area contributed by atoms with Crippen LogP contribution < -0.4 is 10.1 Å². The second-order valence-corrected chi connectivity index (χ2v) is 7.62. The number of aromatic hydroxyl groups is 1. The van der Waals surface area contributed by atoms with Crippen molar-refractivity contribution in [3.05, 3.63) is 58.7 Å². The molecule has 0 saturated carbocycles. The zero-order valence-corrected chi connectivity index (χ0v) is 16.0. The summed E-state index contributed by atoms with van der Waals surface area (Å²) in [6, 6.07) is 10.6. The normalized spacial score (nSPS) is 19.1. The van der Waals surface area contributed by atoms with Crippen LogP contribution in [0.5, 0.6) is 11.5 Å². The molecule has 0 aromatic heterocycles. The molecule has 1 atom stereocenters. The SMILES string of the molecule is CN(C)CCc1cccc2c1OC1C(=N2)c2ccc(O)cc2C2=C1C(=O)NC2=O. The summed E-state index contributed by atoms with van der Waals surface area (Å²) >= 11 is 0. The van der Waals surface area contributed by atoms with Crippen molar-refractivity contribution in [3.8, 4) is 11.5 Å². The highest BCUT2D eigenvalue weighted by Crippen LogP contribution is 2.44. The maximum absolute atomic E-state index is 12.6. The van der Waals surface area contributed by atoms with Gasteiger partial charge in [-0.05, 0) is 50.3 Å². The van der Waals surface area contributed by atoms with Gasteiger partial charge in [-0.15, -0.1) is 0 Å². The maximum Gasteiger partial charge on any atom is 0.259 e. The number of nitrogens with zero attached hydrogens (tertiary/aromatic N) is 2. The van der Waals surface area contributed by atoms with Gasteiger partial charge in [0.15, 0.2) is 6.10 Å². The van der Waals surface area contributed by atoms with Crippen molar-refractivity contribution >= 4 is 28.8 Å². The summed E-state index contributed by atoms with van der Waals surface area (Å²) in [7, 11) is 4.01. The molecule has 0 bridgehead atoms. The first-order valence-corrected chi connectivity index (χ1v) is 9.39. The first-order valence-electron chi connectivity index (χ1n) is 9.39. The van der Waals surface area contributed by atoms with Gasteiger partial charge in [-0.2, -0.15) is 0 Å². The molecule has 0 radical (unpaired) electrons. The minimum atomic E-state index is -0.763. The lowest BCUT2D eigenvalue weighted by atomic mass is 9.82. The van der Waals surface area contributed by atoms with Crippen LogP contribution in [0.2, 0.25) is 0 Å². The van der Waals surface area contributed by atoms with E-state index >= 15 is 0 Å². The molecule has 7 nitrogen and oxygen atoms in total. The summed E-state index contributed by atoms with van der Waals surface area (Å²) in [6.07, 6.45) is 0.0106. The van der Waals surface area contributed by atoms with Gasteiger partial charge in [-0.25, -0.2) is 4.99 Å². The van der Waals surface area contributed by atoms with E-state index in [1.807, 2.05) is 32.3 Å². The monoisotopic (exact) mass is 389 g/mol. The fraction of sp³-hybridized carbons (Fsp3) is 0.227. The average molecular weight is 389 g/mol. The van der Waals surface area contributed by atoms with E-state index in [1.165, 1.54) is 6.07 Å². The molecule has 0 spiro atoms. The number of phenolic OH excluding ortho intramolecular Hbond substituents is 1. The Kier molecular flexibility index (Phi) is 3.82. The van der Waals surface area contributed by atoms with Crippen LogP contribution in [0.15, 0.2) is 47.0 Å². The third-order valence-corrected chi connectivity index (χ3v) is 5.41. The number of phenols is 1. The number of hydrogen-bond acceptors (Lipinski definition) is 6. The van der Waals surface area contributed by atoms with Crippen LogP contribution in [0.4, 0.5) is 5.69 Å². The number of likely N-dealkylation sites (N-methyl/N-ethyl adjacent to an activating group) is 1. The van der Waals surface area contributed by atoms with E-state index in [9.17, 15) is 14.7 Å². The number of benzene rings is 2. The highest BCUT2D eigenvalue weighted by molar-refractivity contribution is 6.41. The van der Waals surface area contributed by atoms with Gasteiger partial charge >= 0.3 is 0 Å². The van der Waals surface area contributed by atoms with Gasteiger partial charge in [0, 0.05) is 17.7 Å². The number of hydrogen-bond donors (Lipinski definition) is 2. The number of nitrogens with one attached hydrogen (secondary N) is 1. The van der Waals surface area contributed by atoms with Crippen LogP contribution in [0.3, 0.4) is 0 Å². The Balaban J connectivity index is 1.71. The zero-order valence-electron chi connectivity index (χ0n) is 16.0. The van der Waals surface area contributed by atoms with Gasteiger partial charge in [-0.1, -0.05) is 12.1 Å². The molecule has 2 aromatic carbocycles. The molecule has 1 unspecified atom stereocenters. The lowest BCUT2D eigenvalue weighted by Gasteiger charge is -2.32. The molecule has 29 heavy (non-hydrogen) atoms. The van der Waals surface area contributed by atoms with Crippen molar-refractivity contribution in [2.45, 2.75) is 12.5 Å². The molecule has 3 aliphatic rings. The molecular formula is C22H19N3O4. The molecule has 2 aromatic rings. The third kappa shape index (κ3) is 2.66. The van der Waals surface area contributed by atoms with E-state index < -0.39 is 17.9 Å². The Morgan fingerprint density at radius 3 is 2.76 bits per heavy atom. The highest BCUT2D eigenvalue weighted by Gasteiger charge is 2.46. The highest BCUT2D eigenvalue weighted by atomic mass is 16.5. The van der Waals surface area contributed by atoms with Crippen molar-refractivity contribution in [1.82, 2.24) is 10.2 Å². The minimum Gasteiger partial charge on any atom is -0.508 e. The molecule has 7 heteroatoms. The molecule has 0 fully saturated rings. The molecule has 1 aliphatic carbocycles. The van der Waals surface area contributed by atoms with Crippen LogP contribution in [-0.2, 0) is 16.0 Å². The Morgan fingerprint density at radius 2 is 1.97 bits per heavy atom. The van der Waals surface area contributed by atoms with Gasteiger partial charge in [-0.3, -0.25) is 14.9 Å². The van der Waals surface area contributed by atoms with Crippen LogP contribution in [0, 0.1) is 0 Å². The van der Waals surface area contributed by atoms with E-state index in [4.69, 9.17) is 9.73 Å². The number of amides is 2. The van der Waals surface area contributed by atoms with Crippen LogP contribution in [0.1, 0.15) is 16.7 Å². The fourth-order valence-corrected chi connectivity index (χ4v) is 4.04. The first-order chi connectivity index (χ1) is 13.9. The number of carbonyl (C=O) groups is 2. The number of fused-ring (bicyclic) bond motifs is 6. The van der Waals surface area contributed by atoms with Crippen molar-refractivity contribution in [1.29, 1.82) is 0 Å². The lowest BCUT2D eigenvalue weighted by molar-refractivity contribution is -0.123. The van der Waals surface area contributed by atoms with E-state index in [1.54, 1.807) is 12.1 Å². The Bertz CT molecular complexity index is 1150. The first kappa shape index (κ1) is 17.6. The molecule has 2 N–H and O–H groups in total. The maximum atomic E-state index is 12.6. The molecular weight excluding hydrogens is 370 g/mol. The van der Waals surface area contributed by atoms with Crippen LogP contribution in [0.25, 0.3) is 5.57 Å². The Hall–Kier alpha value is -3.45. The number of aliphatic imine (C=N–C) groups is 1. The standard InChI is InChI=1S/C22H19N3O4/c1-25(2)9-8-11-4-3-5-15-19(11)29-20-17-16(21(27)24-22(17)28)14-10-12(26)6-7-13(14)18(20)23-15/h3-7,10,20,26H,8-9H2,1-2H3,(H,24,27,28). The minimum absolute atomic E-state index is 0.0184. The van der Waals surface area contributed by atoms with Crippen LogP contribution >= 0.6 is 0 Å². The number of rotatable bonds is 3. The van der Waals surface area contributed by atoms with E-state index in [0.29, 0.717) is 28.3 Å². The molecule has 146 valence electrons. The molecule has 2 amide bonds. The van der Waals surface area contributed by atoms with Crippen molar-refractivity contribution < 1.29 is 19.4 Å². The lowest BCUT2D eigenvalue weighted by Crippen LogP contribution is -2.39. The van der Waals surface area contributed by atoms with E-state index in [2.05, 4.69) is 10.2 Å². The second kappa shape index (κ2) is 6.28. The predicted octanol–water partition coefficient (Wildman–Crippen LogP) is 1.80. The number of ether oxygens (including phenoxy) is 1. The number of carbonyl (C=O) groups excluding carboxylic acids is 2. The average Bonchev–Trinajstić information content (AvgIpc) is 2.99. The van der Waals surface area contributed by atoms with E-state index in [0.717, 1.165) is 18.5 Å². The molecule has 2 heterocycles. The predicted molar refractivity (Wildman–Crippen MR) is 107 cm³/mol. The van der Waals surface area contributed by atoms with E-state index in [-0.39, 0.29) is 16.9 Å². The van der Waals surface area contributed by atoms with Gasteiger partial charge < -0.3 is 14.7 Å². The van der Waals surface area contributed by atoms with Crippen molar-refractivity contribution in [3.63, 3.8) is 0 Å². The zero-order chi connectivity index (χ0) is 20.3. The number of para-hydroxylation sites is 1. The summed E-state index contributed by atoms with van der Waals surface area (Å²) in [5.74, 6) is -0.300. The molecule has 2 aliphatic heterocycles. The summed E-state index contributed by atoms with van der Waals surface area (Å²) < 4.78 is 6.34. The largest absolute Gasteiger partial charge is 0.508 e.